The number of thiophene rings is 1. The third-order valence-corrected chi connectivity index (χ3v) is 6.34. The van der Waals surface area contributed by atoms with Crippen LogP contribution >= 0.6 is 11.3 Å². The van der Waals surface area contributed by atoms with Crippen molar-refractivity contribution in [1.29, 1.82) is 0 Å². The van der Waals surface area contributed by atoms with Gasteiger partial charge in [0.1, 0.15) is 5.82 Å². The minimum atomic E-state index is -3.80. The topological polar surface area (TPSA) is 50.5 Å². The summed E-state index contributed by atoms with van der Waals surface area (Å²) in [4.78, 5) is 1.05. The highest BCUT2D eigenvalue weighted by Crippen LogP contribution is 2.21. The molecule has 0 aliphatic rings. The largest absolute Gasteiger partial charge is 0.472 e. The molecule has 0 bridgehead atoms. The Labute approximate surface area is 144 Å². The summed E-state index contributed by atoms with van der Waals surface area (Å²) in [6.07, 6.45) is 3.62. The molecule has 4 nitrogen and oxygen atoms in total. The molecule has 3 rings (SSSR count). The van der Waals surface area contributed by atoms with E-state index in [4.69, 9.17) is 4.42 Å². The minimum Gasteiger partial charge on any atom is -0.472 e. The van der Waals surface area contributed by atoms with Crippen LogP contribution in [-0.4, -0.2) is 19.3 Å². The molecule has 0 radical (unpaired) electrons. The van der Waals surface area contributed by atoms with E-state index in [9.17, 15) is 12.8 Å². The van der Waals surface area contributed by atoms with E-state index >= 15 is 0 Å². The van der Waals surface area contributed by atoms with Crippen molar-refractivity contribution in [2.24, 2.45) is 0 Å². The number of benzene rings is 1. The zero-order valence-electron chi connectivity index (χ0n) is 12.8. The Morgan fingerprint density at radius 1 is 1.17 bits per heavy atom. The van der Waals surface area contributed by atoms with Gasteiger partial charge in [-0.2, -0.15) is 4.31 Å². The first-order valence-electron chi connectivity index (χ1n) is 7.35. The van der Waals surface area contributed by atoms with E-state index in [2.05, 4.69) is 0 Å². The third kappa shape index (κ3) is 3.92. The second-order valence-corrected chi connectivity index (χ2v) is 8.23. The van der Waals surface area contributed by atoms with E-state index in [1.807, 2.05) is 17.5 Å². The summed E-state index contributed by atoms with van der Waals surface area (Å²) in [6.45, 7) is 0.491. The molecule has 0 amide bonds. The molecule has 0 saturated carbocycles. The van der Waals surface area contributed by atoms with E-state index < -0.39 is 15.8 Å². The van der Waals surface area contributed by atoms with Gasteiger partial charge in [-0.3, -0.25) is 0 Å². The maximum Gasteiger partial charge on any atom is 0.243 e. The highest BCUT2D eigenvalue weighted by Gasteiger charge is 2.25. The van der Waals surface area contributed by atoms with Crippen molar-refractivity contribution in [3.63, 3.8) is 0 Å². The zero-order chi connectivity index (χ0) is 17.0. The van der Waals surface area contributed by atoms with Crippen LogP contribution in [0.4, 0.5) is 4.39 Å². The predicted molar refractivity (Wildman–Crippen MR) is 90.7 cm³/mol. The number of hydrogen-bond acceptors (Lipinski definition) is 4. The average molecular weight is 365 g/mol. The lowest BCUT2D eigenvalue weighted by Gasteiger charge is -2.21. The molecular weight excluding hydrogens is 349 g/mol. The molecule has 126 valence electrons. The second kappa shape index (κ2) is 7.29. The summed E-state index contributed by atoms with van der Waals surface area (Å²) in [5.41, 5.74) is 0.751. The van der Waals surface area contributed by atoms with Crippen molar-refractivity contribution < 1.29 is 17.2 Å². The third-order valence-electron chi connectivity index (χ3n) is 3.56. The number of rotatable bonds is 7. The maximum atomic E-state index is 13.5. The molecule has 0 unspecified atom stereocenters. The summed E-state index contributed by atoms with van der Waals surface area (Å²) < 4.78 is 45.6. The summed E-state index contributed by atoms with van der Waals surface area (Å²) in [5, 5.41) is 1.96. The molecular formula is C17H16FNO3S2. The fourth-order valence-electron chi connectivity index (χ4n) is 2.34. The van der Waals surface area contributed by atoms with Crippen molar-refractivity contribution in [3.8, 4) is 0 Å². The standard InChI is InChI=1S/C17H16FNO3S2/c18-15-3-1-5-17(11-15)24(20,21)19(12-14-7-9-22-13-14)8-6-16-4-2-10-23-16/h1-5,7,9-11,13H,6,8,12H2. The van der Waals surface area contributed by atoms with Crippen LogP contribution in [-0.2, 0) is 23.0 Å². The summed E-state index contributed by atoms with van der Waals surface area (Å²) in [7, 11) is -3.80. The Bertz CT molecular complexity index is 874. The number of furan rings is 1. The lowest BCUT2D eigenvalue weighted by molar-refractivity contribution is 0.408. The van der Waals surface area contributed by atoms with Gasteiger partial charge < -0.3 is 4.42 Å². The van der Waals surface area contributed by atoms with Gasteiger partial charge in [-0.1, -0.05) is 12.1 Å². The maximum absolute atomic E-state index is 13.5. The molecule has 0 atom stereocenters. The number of sulfonamides is 1. The first-order chi connectivity index (χ1) is 11.6. The zero-order valence-corrected chi connectivity index (χ0v) is 14.4. The van der Waals surface area contributed by atoms with Crippen molar-refractivity contribution in [3.05, 3.63) is 76.6 Å². The van der Waals surface area contributed by atoms with E-state index in [1.165, 1.54) is 35.0 Å². The molecule has 3 aromatic rings. The Kier molecular flexibility index (Phi) is 5.13. The van der Waals surface area contributed by atoms with E-state index in [-0.39, 0.29) is 11.4 Å². The van der Waals surface area contributed by atoms with Gasteiger partial charge in [0.25, 0.3) is 0 Å². The Hall–Kier alpha value is -1.96. The van der Waals surface area contributed by atoms with Gasteiger partial charge >= 0.3 is 0 Å². The number of hydrogen-bond donors (Lipinski definition) is 0. The normalized spacial score (nSPS) is 11.9. The molecule has 0 aliphatic heterocycles. The molecule has 24 heavy (non-hydrogen) atoms. The fraction of sp³-hybridized carbons (Fsp3) is 0.176. The molecule has 1 aromatic carbocycles. The van der Waals surface area contributed by atoms with Crippen molar-refractivity contribution in [2.45, 2.75) is 17.9 Å². The lowest BCUT2D eigenvalue weighted by Crippen LogP contribution is -2.32. The van der Waals surface area contributed by atoms with Gasteiger partial charge in [-0.15, -0.1) is 11.3 Å². The Balaban J connectivity index is 1.87. The highest BCUT2D eigenvalue weighted by molar-refractivity contribution is 7.89. The van der Waals surface area contributed by atoms with Crippen molar-refractivity contribution >= 4 is 21.4 Å². The monoisotopic (exact) mass is 365 g/mol. The van der Waals surface area contributed by atoms with Gasteiger partial charge in [0.15, 0.2) is 0 Å². The molecule has 2 heterocycles. The van der Waals surface area contributed by atoms with Crippen molar-refractivity contribution in [2.75, 3.05) is 6.54 Å². The van der Waals surface area contributed by atoms with Gasteiger partial charge in [0.2, 0.25) is 10.0 Å². The van der Waals surface area contributed by atoms with Crippen LogP contribution < -0.4 is 0 Å². The van der Waals surface area contributed by atoms with Gasteiger partial charge in [0, 0.05) is 23.5 Å². The summed E-state index contributed by atoms with van der Waals surface area (Å²) >= 11 is 1.58. The molecule has 0 N–H and O–H groups in total. The van der Waals surface area contributed by atoms with Crippen LogP contribution in [0.5, 0.6) is 0 Å². The Morgan fingerprint density at radius 3 is 2.71 bits per heavy atom. The number of halogens is 1. The molecule has 0 aliphatic carbocycles. The van der Waals surface area contributed by atoms with Gasteiger partial charge in [0.05, 0.1) is 17.4 Å². The summed E-state index contributed by atoms with van der Waals surface area (Å²) in [6, 6.07) is 10.7. The van der Waals surface area contributed by atoms with Crippen LogP contribution in [0.1, 0.15) is 10.4 Å². The van der Waals surface area contributed by atoms with Gasteiger partial charge in [-0.05, 0) is 42.1 Å². The van der Waals surface area contributed by atoms with Crippen LogP contribution in [0.25, 0.3) is 0 Å². The van der Waals surface area contributed by atoms with E-state index in [1.54, 1.807) is 17.4 Å². The molecule has 0 fully saturated rings. The quantitative estimate of drug-likeness (QED) is 0.638. The smallest absolute Gasteiger partial charge is 0.243 e. The van der Waals surface area contributed by atoms with E-state index in [0.29, 0.717) is 13.0 Å². The first kappa shape index (κ1) is 16.9. The predicted octanol–water partition coefficient (Wildman–Crippen LogP) is 3.91. The molecule has 0 saturated heterocycles. The van der Waals surface area contributed by atoms with Crippen LogP contribution in [0, 0.1) is 5.82 Å². The van der Waals surface area contributed by atoms with Crippen molar-refractivity contribution in [1.82, 2.24) is 4.31 Å². The second-order valence-electron chi connectivity index (χ2n) is 5.26. The van der Waals surface area contributed by atoms with Gasteiger partial charge in [-0.25, -0.2) is 12.8 Å². The van der Waals surface area contributed by atoms with E-state index in [0.717, 1.165) is 16.5 Å². The first-order valence-corrected chi connectivity index (χ1v) is 9.67. The molecule has 7 heteroatoms. The highest BCUT2D eigenvalue weighted by atomic mass is 32.2. The molecule has 0 spiro atoms. The lowest BCUT2D eigenvalue weighted by atomic mass is 10.3. The minimum absolute atomic E-state index is 0.0443. The fourth-order valence-corrected chi connectivity index (χ4v) is 4.50. The number of nitrogens with zero attached hydrogens (tertiary/aromatic N) is 1. The van der Waals surface area contributed by atoms with Crippen LogP contribution in [0.2, 0.25) is 0 Å². The van der Waals surface area contributed by atoms with Crippen LogP contribution in [0.15, 0.2) is 69.7 Å². The summed E-state index contributed by atoms with van der Waals surface area (Å²) in [5.74, 6) is -0.572. The average Bonchev–Trinajstić information content (AvgIpc) is 3.25. The van der Waals surface area contributed by atoms with Crippen LogP contribution in [0.3, 0.4) is 0 Å². The Morgan fingerprint density at radius 2 is 2.04 bits per heavy atom. The molecule has 2 aromatic heterocycles. The SMILES string of the molecule is O=S(=O)(c1cccc(F)c1)N(CCc1cccs1)Cc1ccoc1.